The molecule has 0 aromatic heterocycles. The van der Waals surface area contributed by atoms with Crippen LogP contribution >= 0.6 is 0 Å². The number of benzene rings is 2. The van der Waals surface area contributed by atoms with E-state index in [-0.39, 0.29) is 17.7 Å². The fourth-order valence-corrected chi connectivity index (χ4v) is 4.73. The Kier molecular flexibility index (Phi) is 4.77. The van der Waals surface area contributed by atoms with Crippen LogP contribution in [0.2, 0.25) is 0 Å². The molecule has 2 bridgehead atoms. The number of fused-ring (bicyclic) bond motifs is 2. The normalized spacial score (nSPS) is 28.1. The summed E-state index contributed by atoms with van der Waals surface area (Å²) in [5.74, 6) is 0.0488. The monoisotopic (exact) mass is 353 g/mol. The number of rotatable bonds is 4. The predicted molar refractivity (Wildman–Crippen MR) is 98.5 cm³/mol. The zero-order valence-corrected chi connectivity index (χ0v) is 15.0. The number of halogens is 1. The first kappa shape index (κ1) is 17.2. The summed E-state index contributed by atoms with van der Waals surface area (Å²) in [6, 6.07) is 16.9. The summed E-state index contributed by atoms with van der Waals surface area (Å²) < 4.78 is 19.0. The van der Waals surface area contributed by atoms with E-state index in [2.05, 4.69) is 11.9 Å². The van der Waals surface area contributed by atoms with Crippen LogP contribution in [0.1, 0.15) is 41.1 Å². The van der Waals surface area contributed by atoms with E-state index in [0.717, 1.165) is 18.4 Å². The van der Waals surface area contributed by atoms with Crippen LogP contribution in [-0.2, 0) is 4.74 Å². The van der Waals surface area contributed by atoms with E-state index in [0.29, 0.717) is 30.2 Å². The molecule has 0 saturated carbocycles. The molecule has 2 heterocycles. The summed E-state index contributed by atoms with van der Waals surface area (Å²) >= 11 is 0. The standard InChI is InChI=1S/C22H24FNO2/c1-24-18-11-12-21(24)20(14-26-22(25)16-5-3-2-4-6-16)19(13-18)15-7-9-17(23)10-8-15/h2-10,18-21H,11-14H2,1H3/t18-,19+,20-,21+/m1/s1. The van der Waals surface area contributed by atoms with Gasteiger partial charge in [-0.3, -0.25) is 0 Å². The van der Waals surface area contributed by atoms with Gasteiger partial charge in [0.15, 0.2) is 0 Å². The molecule has 0 aliphatic carbocycles. The van der Waals surface area contributed by atoms with Gasteiger partial charge in [-0.25, -0.2) is 9.18 Å². The lowest BCUT2D eigenvalue weighted by Gasteiger charge is -2.43. The molecule has 0 unspecified atom stereocenters. The first-order valence-electron chi connectivity index (χ1n) is 9.33. The highest BCUT2D eigenvalue weighted by Gasteiger charge is 2.46. The van der Waals surface area contributed by atoms with Crippen LogP contribution in [0.25, 0.3) is 0 Å². The van der Waals surface area contributed by atoms with Crippen molar-refractivity contribution in [3.8, 4) is 0 Å². The smallest absolute Gasteiger partial charge is 0.338 e. The largest absolute Gasteiger partial charge is 0.462 e. The van der Waals surface area contributed by atoms with Crippen molar-refractivity contribution in [2.75, 3.05) is 13.7 Å². The van der Waals surface area contributed by atoms with E-state index in [1.807, 2.05) is 30.3 Å². The SMILES string of the molecule is CN1[C@@H]2CC[C@H]1[C@H](COC(=O)c1ccccc1)[C@H](c1ccc(F)cc1)C2. The molecule has 2 aliphatic rings. The van der Waals surface area contributed by atoms with Crippen molar-refractivity contribution in [3.63, 3.8) is 0 Å². The Morgan fingerprint density at radius 3 is 2.58 bits per heavy atom. The fourth-order valence-electron chi connectivity index (χ4n) is 4.73. The number of carbonyl (C=O) groups is 1. The number of piperidine rings is 1. The molecular formula is C22H24FNO2. The number of nitrogens with zero attached hydrogens (tertiary/aromatic N) is 1. The highest BCUT2D eigenvalue weighted by molar-refractivity contribution is 5.89. The Labute approximate surface area is 153 Å². The van der Waals surface area contributed by atoms with E-state index in [1.54, 1.807) is 12.1 Å². The van der Waals surface area contributed by atoms with Gasteiger partial charge >= 0.3 is 5.97 Å². The highest BCUT2D eigenvalue weighted by Crippen LogP contribution is 2.46. The molecule has 136 valence electrons. The number of hydrogen-bond acceptors (Lipinski definition) is 3. The minimum atomic E-state index is -0.272. The average molecular weight is 353 g/mol. The third-order valence-corrected chi connectivity index (χ3v) is 6.15. The molecule has 0 amide bonds. The number of carbonyl (C=O) groups excluding carboxylic acids is 1. The molecule has 2 fully saturated rings. The molecule has 2 aromatic rings. The third-order valence-electron chi connectivity index (χ3n) is 6.15. The van der Waals surface area contributed by atoms with Crippen molar-refractivity contribution in [2.24, 2.45) is 5.92 Å². The van der Waals surface area contributed by atoms with Gasteiger partial charge in [0.1, 0.15) is 5.82 Å². The topological polar surface area (TPSA) is 29.5 Å². The van der Waals surface area contributed by atoms with E-state index in [4.69, 9.17) is 4.74 Å². The molecule has 0 radical (unpaired) electrons. The fraction of sp³-hybridized carbons (Fsp3) is 0.409. The zero-order chi connectivity index (χ0) is 18.1. The molecular weight excluding hydrogens is 329 g/mol. The second-order valence-electron chi connectivity index (χ2n) is 7.49. The van der Waals surface area contributed by atoms with E-state index in [1.165, 1.54) is 18.6 Å². The zero-order valence-electron chi connectivity index (χ0n) is 15.0. The van der Waals surface area contributed by atoms with Crippen LogP contribution in [0.5, 0.6) is 0 Å². The van der Waals surface area contributed by atoms with Crippen LogP contribution in [0.3, 0.4) is 0 Å². The summed E-state index contributed by atoms with van der Waals surface area (Å²) in [5, 5.41) is 0. The van der Waals surface area contributed by atoms with Gasteiger partial charge in [-0.2, -0.15) is 0 Å². The molecule has 2 saturated heterocycles. The average Bonchev–Trinajstić information content (AvgIpc) is 2.91. The Balaban J connectivity index is 1.53. The Bertz CT molecular complexity index is 761. The Morgan fingerprint density at radius 1 is 1.12 bits per heavy atom. The summed E-state index contributed by atoms with van der Waals surface area (Å²) in [5.41, 5.74) is 1.73. The van der Waals surface area contributed by atoms with Gasteiger partial charge < -0.3 is 9.64 Å². The van der Waals surface area contributed by atoms with Crippen molar-refractivity contribution in [3.05, 3.63) is 71.5 Å². The number of ether oxygens (including phenoxy) is 1. The highest BCUT2D eigenvalue weighted by atomic mass is 19.1. The minimum Gasteiger partial charge on any atom is -0.462 e. The van der Waals surface area contributed by atoms with Gasteiger partial charge in [0, 0.05) is 18.0 Å². The third kappa shape index (κ3) is 3.26. The first-order valence-corrected chi connectivity index (χ1v) is 9.33. The van der Waals surface area contributed by atoms with E-state index in [9.17, 15) is 9.18 Å². The second kappa shape index (κ2) is 7.20. The maximum atomic E-state index is 13.3. The van der Waals surface area contributed by atoms with Crippen LogP contribution in [-0.4, -0.2) is 36.6 Å². The van der Waals surface area contributed by atoms with Crippen LogP contribution in [0.15, 0.2) is 54.6 Å². The van der Waals surface area contributed by atoms with Crippen molar-refractivity contribution < 1.29 is 13.9 Å². The maximum Gasteiger partial charge on any atom is 0.338 e. The molecule has 4 rings (SSSR count). The van der Waals surface area contributed by atoms with Crippen molar-refractivity contribution in [1.29, 1.82) is 0 Å². The molecule has 0 N–H and O–H groups in total. The second-order valence-corrected chi connectivity index (χ2v) is 7.49. The predicted octanol–water partition coefficient (Wildman–Crippen LogP) is 4.25. The van der Waals surface area contributed by atoms with E-state index >= 15 is 0 Å². The molecule has 0 spiro atoms. The lowest BCUT2D eigenvalue weighted by Crippen LogP contribution is -2.47. The van der Waals surface area contributed by atoms with Crippen molar-refractivity contribution >= 4 is 5.97 Å². The van der Waals surface area contributed by atoms with Crippen molar-refractivity contribution in [2.45, 2.75) is 37.3 Å². The quantitative estimate of drug-likeness (QED) is 0.770. The summed E-state index contributed by atoms with van der Waals surface area (Å²) in [6.45, 7) is 0.400. The van der Waals surface area contributed by atoms with Gasteiger partial charge in [-0.1, -0.05) is 30.3 Å². The summed E-state index contributed by atoms with van der Waals surface area (Å²) in [6.07, 6.45) is 3.35. The first-order chi connectivity index (χ1) is 12.6. The number of esters is 1. The minimum absolute atomic E-state index is 0.211. The maximum absolute atomic E-state index is 13.3. The molecule has 2 aliphatic heterocycles. The molecule has 2 aromatic carbocycles. The Hall–Kier alpha value is -2.20. The summed E-state index contributed by atoms with van der Waals surface area (Å²) in [7, 11) is 2.18. The molecule has 4 heteroatoms. The molecule has 3 nitrogen and oxygen atoms in total. The summed E-state index contributed by atoms with van der Waals surface area (Å²) in [4.78, 5) is 14.8. The Morgan fingerprint density at radius 2 is 1.85 bits per heavy atom. The van der Waals surface area contributed by atoms with Crippen LogP contribution < -0.4 is 0 Å². The van der Waals surface area contributed by atoms with Gasteiger partial charge in [0.05, 0.1) is 12.2 Å². The van der Waals surface area contributed by atoms with Gasteiger partial charge in [-0.05, 0) is 62.1 Å². The van der Waals surface area contributed by atoms with E-state index < -0.39 is 0 Å². The van der Waals surface area contributed by atoms with Gasteiger partial charge in [-0.15, -0.1) is 0 Å². The lowest BCUT2D eigenvalue weighted by molar-refractivity contribution is 0.0187. The van der Waals surface area contributed by atoms with Gasteiger partial charge in [0.2, 0.25) is 0 Å². The molecule has 4 atom stereocenters. The number of hydrogen-bond donors (Lipinski definition) is 0. The van der Waals surface area contributed by atoms with Crippen molar-refractivity contribution in [1.82, 2.24) is 4.90 Å². The van der Waals surface area contributed by atoms with Crippen LogP contribution in [0, 0.1) is 11.7 Å². The van der Waals surface area contributed by atoms with Crippen LogP contribution in [0.4, 0.5) is 4.39 Å². The molecule has 26 heavy (non-hydrogen) atoms. The van der Waals surface area contributed by atoms with Gasteiger partial charge in [0.25, 0.3) is 0 Å². The lowest BCUT2D eigenvalue weighted by atomic mass is 9.76.